The first-order valence-corrected chi connectivity index (χ1v) is 6.63. The van der Waals surface area contributed by atoms with Crippen LogP contribution in [0.1, 0.15) is 18.3 Å². The molecule has 0 unspecified atom stereocenters. The van der Waals surface area contributed by atoms with Gasteiger partial charge >= 0.3 is 5.69 Å². The molecule has 1 N–H and O–H groups in total. The van der Waals surface area contributed by atoms with Gasteiger partial charge in [-0.1, -0.05) is 0 Å². The molecule has 106 valence electrons. The summed E-state index contributed by atoms with van der Waals surface area (Å²) in [5, 5.41) is 11.1. The van der Waals surface area contributed by atoms with Crippen LogP contribution in [0.2, 0.25) is 0 Å². The van der Waals surface area contributed by atoms with Crippen LogP contribution in [-0.2, 0) is 5.88 Å². The van der Waals surface area contributed by atoms with E-state index >= 15 is 0 Å². The zero-order valence-electron chi connectivity index (χ0n) is 11.1. The van der Waals surface area contributed by atoms with Crippen molar-refractivity contribution in [1.29, 1.82) is 0 Å². The highest BCUT2D eigenvalue weighted by atomic mass is 35.5. The van der Waals surface area contributed by atoms with Gasteiger partial charge in [-0.25, -0.2) is 4.98 Å². The SMILES string of the molecule is CCOc1ccc(-c2nc(CCl)c(C)[nH]2)cc1[N+](=O)[O-]. The van der Waals surface area contributed by atoms with Crippen LogP contribution in [0.5, 0.6) is 5.75 Å². The van der Waals surface area contributed by atoms with Crippen molar-refractivity contribution >= 4 is 17.3 Å². The molecule has 2 aromatic rings. The second kappa shape index (κ2) is 5.92. The number of hydrogen-bond donors (Lipinski definition) is 1. The minimum atomic E-state index is -0.466. The number of aromatic amines is 1. The molecule has 1 aromatic carbocycles. The van der Waals surface area contributed by atoms with Gasteiger partial charge in [-0.3, -0.25) is 10.1 Å². The van der Waals surface area contributed by atoms with Crippen molar-refractivity contribution in [3.05, 3.63) is 39.7 Å². The molecule has 0 aliphatic heterocycles. The number of aromatic nitrogens is 2. The summed E-state index contributed by atoms with van der Waals surface area (Å²) >= 11 is 5.77. The van der Waals surface area contributed by atoms with Crippen LogP contribution in [0, 0.1) is 17.0 Å². The van der Waals surface area contributed by atoms with Gasteiger partial charge in [0.2, 0.25) is 0 Å². The van der Waals surface area contributed by atoms with Crippen molar-refractivity contribution in [1.82, 2.24) is 9.97 Å². The minimum absolute atomic E-state index is 0.0779. The van der Waals surface area contributed by atoms with Gasteiger partial charge < -0.3 is 9.72 Å². The number of aryl methyl sites for hydroxylation is 1. The molecule has 0 bridgehead atoms. The molecular weight excluding hydrogens is 282 g/mol. The number of nitro groups is 1. The minimum Gasteiger partial charge on any atom is -0.487 e. The quantitative estimate of drug-likeness (QED) is 0.520. The Labute approximate surface area is 120 Å². The molecule has 0 aliphatic rings. The van der Waals surface area contributed by atoms with Gasteiger partial charge in [0.1, 0.15) is 5.82 Å². The average Bonchev–Trinajstić information content (AvgIpc) is 2.80. The molecule has 2 rings (SSSR count). The molecule has 20 heavy (non-hydrogen) atoms. The fourth-order valence-electron chi connectivity index (χ4n) is 1.85. The highest BCUT2D eigenvalue weighted by molar-refractivity contribution is 6.17. The Balaban J connectivity index is 2.46. The highest BCUT2D eigenvalue weighted by Gasteiger charge is 2.18. The molecule has 0 radical (unpaired) electrons. The number of rotatable bonds is 5. The van der Waals surface area contributed by atoms with E-state index in [1.165, 1.54) is 6.07 Å². The number of nitrogens with one attached hydrogen (secondary N) is 1. The number of nitro benzene ring substituents is 1. The third-order valence-corrected chi connectivity index (χ3v) is 3.09. The van der Waals surface area contributed by atoms with Crippen molar-refractivity contribution < 1.29 is 9.66 Å². The summed E-state index contributed by atoms with van der Waals surface area (Å²) in [6.45, 7) is 4.01. The topological polar surface area (TPSA) is 81.0 Å². The molecule has 7 heteroatoms. The predicted octanol–water partition coefficient (Wildman–Crippen LogP) is 3.43. The summed E-state index contributed by atoms with van der Waals surface area (Å²) in [5.41, 5.74) is 2.13. The Morgan fingerprint density at radius 2 is 2.25 bits per heavy atom. The molecule has 0 spiro atoms. The first-order valence-electron chi connectivity index (χ1n) is 6.09. The standard InChI is InChI=1S/C13H14ClN3O3/c1-3-20-12-5-4-9(6-11(12)17(18)19)13-15-8(2)10(7-14)16-13/h4-6H,3,7H2,1-2H3,(H,15,16). The maximum Gasteiger partial charge on any atom is 0.311 e. The van der Waals surface area contributed by atoms with Gasteiger partial charge in [-0.05, 0) is 26.0 Å². The fraction of sp³-hybridized carbons (Fsp3) is 0.308. The normalized spacial score (nSPS) is 10.6. The van der Waals surface area contributed by atoms with Gasteiger partial charge in [0.15, 0.2) is 5.75 Å². The summed E-state index contributed by atoms with van der Waals surface area (Å²) < 4.78 is 5.25. The lowest BCUT2D eigenvalue weighted by Gasteiger charge is -2.05. The molecule has 6 nitrogen and oxygen atoms in total. The Bertz CT molecular complexity index is 640. The van der Waals surface area contributed by atoms with E-state index in [0.29, 0.717) is 23.9 Å². The number of benzene rings is 1. The fourth-order valence-corrected chi connectivity index (χ4v) is 2.11. The zero-order chi connectivity index (χ0) is 14.7. The smallest absolute Gasteiger partial charge is 0.311 e. The molecule has 0 saturated carbocycles. The molecule has 1 heterocycles. The number of nitrogens with zero attached hydrogens (tertiary/aromatic N) is 2. The number of hydrogen-bond acceptors (Lipinski definition) is 4. The van der Waals surface area contributed by atoms with Gasteiger partial charge in [-0.15, -0.1) is 11.6 Å². The molecular formula is C13H14ClN3O3. The van der Waals surface area contributed by atoms with Crippen LogP contribution in [0.25, 0.3) is 11.4 Å². The van der Waals surface area contributed by atoms with Crippen LogP contribution in [0.15, 0.2) is 18.2 Å². The zero-order valence-corrected chi connectivity index (χ0v) is 11.9. The van der Waals surface area contributed by atoms with Crippen LogP contribution in [0.4, 0.5) is 5.69 Å². The Hall–Kier alpha value is -2.08. The largest absolute Gasteiger partial charge is 0.487 e. The number of alkyl halides is 1. The van der Waals surface area contributed by atoms with E-state index in [1.807, 2.05) is 6.92 Å². The van der Waals surface area contributed by atoms with Crippen LogP contribution >= 0.6 is 11.6 Å². The molecule has 0 aliphatic carbocycles. The number of halogens is 1. The van der Waals surface area contributed by atoms with Gasteiger partial charge in [0.05, 0.1) is 23.1 Å². The third kappa shape index (κ3) is 2.75. The number of imidazole rings is 1. The number of ether oxygens (including phenoxy) is 1. The van der Waals surface area contributed by atoms with Crippen molar-refractivity contribution in [2.24, 2.45) is 0 Å². The third-order valence-electron chi connectivity index (χ3n) is 2.84. The van der Waals surface area contributed by atoms with Gasteiger partial charge in [0, 0.05) is 17.3 Å². The monoisotopic (exact) mass is 295 g/mol. The Morgan fingerprint density at radius 3 is 2.80 bits per heavy atom. The average molecular weight is 296 g/mol. The summed E-state index contributed by atoms with van der Waals surface area (Å²) in [6, 6.07) is 4.75. The molecule has 1 aromatic heterocycles. The van der Waals surface area contributed by atoms with E-state index in [0.717, 1.165) is 11.4 Å². The van der Waals surface area contributed by atoms with Crippen LogP contribution in [0.3, 0.4) is 0 Å². The Morgan fingerprint density at radius 1 is 1.50 bits per heavy atom. The van der Waals surface area contributed by atoms with Crippen molar-refractivity contribution in [2.45, 2.75) is 19.7 Å². The lowest BCUT2D eigenvalue weighted by molar-refractivity contribution is -0.385. The first kappa shape index (κ1) is 14.3. The van der Waals surface area contributed by atoms with Gasteiger partial charge in [0.25, 0.3) is 0 Å². The first-order chi connectivity index (χ1) is 9.56. The molecule has 0 fully saturated rings. The van der Waals surface area contributed by atoms with E-state index in [1.54, 1.807) is 19.1 Å². The van der Waals surface area contributed by atoms with E-state index in [2.05, 4.69) is 9.97 Å². The van der Waals surface area contributed by atoms with Crippen molar-refractivity contribution in [3.63, 3.8) is 0 Å². The summed E-state index contributed by atoms with van der Waals surface area (Å²) in [7, 11) is 0. The predicted molar refractivity (Wildman–Crippen MR) is 76.1 cm³/mol. The van der Waals surface area contributed by atoms with Crippen molar-refractivity contribution in [3.8, 4) is 17.1 Å². The van der Waals surface area contributed by atoms with Crippen LogP contribution in [-0.4, -0.2) is 21.5 Å². The van der Waals surface area contributed by atoms with Crippen LogP contribution < -0.4 is 4.74 Å². The molecule has 0 saturated heterocycles. The summed E-state index contributed by atoms with van der Waals surface area (Å²) in [5.74, 6) is 1.10. The summed E-state index contributed by atoms with van der Waals surface area (Å²) in [4.78, 5) is 18.0. The summed E-state index contributed by atoms with van der Waals surface area (Å²) in [6.07, 6.45) is 0. The lowest BCUT2D eigenvalue weighted by atomic mass is 10.2. The van der Waals surface area contributed by atoms with Crippen molar-refractivity contribution in [2.75, 3.05) is 6.61 Å². The van der Waals surface area contributed by atoms with E-state index < -0.39 is 4.92 Å². The van der Waals surface area contributed by atoms with E-state index in [9.17, 15) is 10.1 Å². The van der Waals surface area contributed by atoms with Gasteiger partial charge in [-0.2, -0.15) is 0 Å². The Kier molecular flexibility index (Phi) is 4.24. The van der Waals surface area contributed by atoms with E-state index in [-0.39, 0.29) is 11.4 Å². The molecule has 0 atom stereocenters. The highest BCUT2D eigenvalue weighted by Crippen LogP contribution is 2.31. The maximum absolute atomic E-state index is 11.1. The maximum atomic E-state index is 11.1. The second-order valence-corrected chi connectivity index (χ2v) is 4.43. The second-order valence-electron chi connectivity index (χ2n) is 4.16. The number of H-pyrrole nitrogens is 1. The lowest BCUT2D eigenvalue weighted by Crippen LogP contribution is -1.98. The molecule has 0 amide bonds. The van der Waals surface area contributed by atoms with E-state index in [4.69, 9.17) is 16.3 Å².